The lowest BCUT2D eigenvalue weighted by Crippen LogP contribution is -2.47. The summed E-state index contributed by atoms with van der Waals surface area (Å²) in [6, 6.07) is 20.3. The van der Waals surface area contributed by atoms with Crippen LogP contribution in [0.3, 0.4) is 0 Å². The van der Waals surface area contributed by atoms with Crippen LogP contribution in [0, 0.1) is 18.3 Å². The molecule has 0 bridgehead atoms. The van der Waals surface area contributed by atoms with Crippen LogP contribution in [0.4, 0.5) is 5.69 Å². The standard InChI is InChI=1S/C33H38N2O5/c1-21-14-15-27-26(17-21)30(25-13-7-10-22-9-5-6-12-24(22)25)40-28(31(37)35(27)20-33(2,3)4)18-29(36)34-16-8-11-23(19-34)32(38)39/h5-7,9-10,12-15,17,23,28,30H,8,11,16,18-20H2,1-4H3,(H,38,39)/t23?,28-,30-/m0/s1. The number of hydrogen-bond donors (Lipinski definition) is 1. The number of carbonyl (C=O) groups excluding carboxylic acids is 2. The molecule has 0 aliphatic carbocycles. The molecule has 7 heteroatoms. The number of carboxylic acid groups (broad SMARTS) is 1. The first kappa shape index (κ1) is 27.8. The van der Waals surface area contributed by atoms with Crippen molar-refractivity contribution in [3.05, 3.63) is 77.4 Å². The molecular weight excluding hydrogens is 504 g/mol. The van der Waals surface area contributed by atoms with Gasteiger partial charge >= 0.3 is 5.97 Å². The van der Waals surface area contributed by atoms with Gasteiger partial charge in [0.2, 0.25) is 5.91 Å². The fourth-order valence-electron chi connectivity index (χ4n) is 5.90. The van der Waals surface area contributed by atoms with Crippen LogP contribution >= 0.6 is 0 Å². The summed E-state index contributed by atoms with van der Waals surface area (Å²) in [6.07, 6.45) is -0.547. The van der Waals surface area contributed by atoms with Gasteiger partial charge in [-0.3, -0.25) is 14.4 Å². The second-order valence-electron chi connectivity index (χ2n) is 12.3. The number of carboxylic acids is 1. The number of aliphatic carboxylic acids is 1. The molecule has 3 aromatic rings. The minimum Gasteiger partial charge on any atom is -0.481 e. The van der Waals surface area contributed by atoms with Crippen LogP contribution in [0.1, 0.15) is 62.8 Å². The second-order valence-corrected chi connectivity index (χ2v) is 12.3. The third-order valence-electron chi connectivity index (χ3n) is 7.82. The molecule has 5 rings (SSSR count). The highest BCUT2D eigenvalue weighted by molar-refractivity contribution is 6.00. The van der Waals surface area contributed by atoms with Gasteiger partial charge < -0.3 is 19.6 Å². The first-order valence-corrected chi connectivity index (χ1v) is 14.1. The molecule has 0 spiro atoms. The number of aryl methyl sites for hydroxylation is 1. The Bertz CT molecular complexity index is 1440. The number of rotatable bonds is 5. The summed E-state index contributed by atoms with van der Waals surface area (Å²) < 4.78 is 6.72. The van der Waals surface area contributed by atoms with Crippen LogP contribution in [-0.4, -0.2) is 53.5 Å². The molecule has 40 heavy (non-hydrogen) atoms. The number of hydrogen-bond acceptors (Lipinski definition) is 4. The van der Waals surface area contributed by atoms with Gasteiger partial charge in [0.15, 0.2) is 0 Å². The van der Waals surface area contributed by atoms with Gasteiger partial charge in [-0.25, -0.2) is 0 Å². The summed E-state index contributed by atoms with van der Waals surface area (Å²) in [4.78, 5) is 42.8. The number of anilines is 1. The predicted octanol–water partition coefficient (Wildman–Crippen LogP) is 5.73. The third kappa shape index (κ3) is 5.75. The minimum absolute atomic E-state index is 0.139. The van der Waals surface area contributed by atoms with E-state index in [0.29, 0.717) is 25.9 Å². The molecule has 3 aromatic carbocycles. The molecule has 2 amide bonds. The van der Waals surface area contributed by atoms with E-state index < -0.39 is 24.1 Å². The first-order valence-electron chi connectivity index (χ1n) is 14.1. The van der Waals surface area contributed by atoms with Crippen molar-refractivity contribution in [3.63, 3.8) is 0 Å². The molecule has 2 heterocycles. The Hall–Kier alpha value is -3.71. The summed E-state index contributed by atoms with van der Waals surface area (Å²) in [7, 11) is 0. The average Bonchev–Trinajstić information content (AvgIpc) is 3.02. The second kappa shape index (κ2) is 11.0. The SMILES string of the molecule is Cc1ccc2c(c1)[C@H](c1cccc3ccccc13)O[C@@H](CC(=O)N1CCCC(C(=O)O)C1)C(=O)N2CC(C)(C)C. The number of carbonyl (C=O) groups is 3. The van der Waals surface area contributed by atoms with Gasteiger partial charge in [0.05, 0.1) is 12.3 Å². The van der Waals surface area contributed by atoms with Crippen LogP contribution in [0.25, 0.3) is 10.8 Å². The maximum Gasteiger partial charge on any atom is 0.308 e. The van der Waals surface area contributed by atoms with Gasteiger partial charge in [-0.15, -0.1) is 0 Å². The fraction of sp³-hybridized carbons (Fsp3) is 0.424. The zero-order valence-corrected chi connectivity index (χ0v) is 23.7. The van der Waals surface area contributed by atoms with Gasteiger partial charge in [-0.2, -0.15) is 0 Å². The minimum atomic E-state index is -1.02. The molecule has 2 aliphatic heterocycles. The topological polar surface area (TPSA) is 87.1 Å². The molecular formula is C33H38N2O5. The van der Waals surface area contributed by atoms with Crippen molar-refractivity contribution in [1.82, 2.24) is 4.90 Å². The van der Waals surface area contributed by atoms with E-state index in [1.165, 1.54) is 0 Å². The first-order chi connectivity index (χ1) is 19.0. The molecule has 3 atom stereocenters. The van der Waals surface area contributed by atoms with Gasteiger partial charge in [0.1, 0.15) is 12.2 Å². The molecule has 1 unspecified atom stereocenters. The number of piperidine rings is 1. The Labute approximate surface area is 235 Å². The number of fused-ring (bicyclic) bond motifs is 2. The largest absolute Gasteiger partial charge is 0.481 e. The number of amides is 2. The molecule has 0 aromatic heterocycles. The Morgan fingerprint density at radius 3 is 2.52 bits per heavy atom. The Morgan fingerprint density at radius 2 is 1.77 bits per heavy atom. The monoisotopic (exact) mass is 542 g/mol. The van der Waals surface area contributed by atoms with Gasteiger partial charge in [0, 0.05) is 30.9 Å². The van der Waals surface area contributed by atoms with Crippen LogP contribution < -0.4 is 4.90 Å². The van der Waals surface area contributed by atoms with Crippen molar-refractivity contribution in [2.45, 2.75) is 59.2 Å². The van der Waals surface area contributed by atoms with E-state index in [2.05, 4.69) is 45.0 Å². The van der Waals surface area contributed by atoms with E-state index in [4.69, 9.17) is 4.74 Å². The smallest absolute Gasteiger partial charge is 0.308 e. The van der Waals surface area contributed by atoms with E-state index in [1.54, 1.807) is 9.80 Å². The van der Waals surface area contributed by atoms with E-state index in [0.717, 1.165) is 33.2 Å². The summed E-state index contributed by atoms with van der Waals surface area (Å²) in [6.45, 7) is 9.39. The number of benzene rings is 3. The van der Waals surface area contributed by atoms with Crippen molar-refractivity contribution in [3.8, 4) is 0 Å². The Kier molecular flexibility index (Phi) is 7.69. The summed E-state index contributed by atoms with van der Waals surface area (Å²) in [5.74, 6) is -1.98. The zero-order valence-electron chi connectivity index (χ0n) is 23.7. The molecule has 210 valence electrons. The number of nitrogens with zero attached hydrogens (tertiary/aromatic N) is 2. The summed E-state index contributed by atoms with van der Waals surface area (Å²) in [5.41, 5.74) is 3.48. The third-order valence-corrected chi connectivity index (χ3v) is 7.82. The van der Waals surface area contributed by atoms with Gasteiger partial charge in [-0.1, -0.05) is 80.9 Å². The van der Waals surface area contributed by atoms with Gasteiger partial charge in [0.25, 0.3) is 5.91 Å². The molecule has 1 N–H and O–H groups in total. The molecule has 7 nitrogen and oxygen atoms in total. The predicted molar refractivity (Wildman–Crippen MR) is 155 cm³/mol. The summed E-state index contributed by atoms with van der Waals surface area (Å²) in [5, 5.41) is 11.6. The van der Waals surface area contributed by atoms with E-state index in [1.807, 2.05) is 43.3 Å². The molecule has 1 saturated heterocycles. The number of ether oxygens (including phenoxy) is 1. The van der Waals surface area contributed by atoms with Crippen molar-refractivity contribution < 1.29 is 24.2 Å². The Morgan fingerprint density at radius 1 is 1.02 bits per heavy atom. The molecule has 1 fully saturated rings. The molecule has 0 saturated carbocycles. The van der Waals surface area contributed by atoms with E-state index >= 15 is 0 Å². The van der Waals surface area contributed by atoms with Crippen LogP contribution in [0.15, 0.2) is 60.7 Å². The van der Waals surface area contributed by atoms with Crippen molar-refractivity contribution in [2.24, 2.45) is 11.3 Å². The quantitative estimate of drug-likeness (QED) is 0.445. The lowest BCUT2D eigenvalue weighted by atomic mass is 9.92. The van der Waals surface area contributed by atoms with E-state index in [-0.39, 0.29) is 30.2 Å². The van der Waals surface area contributed by atoms with Gasteiger partial charge in [-0.05, 0) is 47.6 Å². The normalized spacial score (nSPS) is 21.7. The maximum absolute atomic E-state index is 14.2. The average molecular weight is 543 g/mol. The highest BCUT2D eigenvalue weighted by Crippen LogP contribution is 2.42. The van der Waals surface area contributed by atoms with Crippen molar-refractivity contribution in [2.75, 3.05) is 24.5 Å². The highest BCUT2D eigenvalue weighted by atomic mass is 16.5. The summed E-state index contributed by atoms with van der Waals surface area (Å²) >= 11 is 0. The fourth-order valence-corrected chi connectivity index (χ4v) is 5.90. The zero-order chi connectivity index (χ0) is 28.6. The van der Waals surface area contributed by atoms with E-state index in [9.17, 15) is 19.5 Å². The highest BCUT2D eigenvalue weighted by Gasteiger charge is 2.40. The van der Waals surface area contributed by atoms with Crippen LogP contribution in [-0.2, 0) is 19.1 Å². The van der Waals surface area contributed by atoms with Crippen LogP contribution in [0.2, 0.25) is 0 Å². The van der Waals surface area contributed by atoms with Crippen LogP contribution in [0.5, 0.6) is 0 Å². The maximum atomic E-state index is 14.2. The van der Waals surface area contributed by atoms with Crippen molar-refractivity contribution >= 4 is 34.2 Å². The Balaban J connectivity index is 1.59. The molecule has 0 radical (unpaired) electrons. The lowest BCUT2D eigenvalue weighted by molar-refractivity contribution is -0.148. The number of likely N-dealkylation sites (tertiary alicyclic amines) is 1. The van der Waals surface area contributed by atoms with Crippen molar-refractivity contribution in [1.29, 1.82) is 0 Å². The lowest BCUT2D eigenvalue weighted by Gasteiger charge is -2.33. The molecule has 2 aliphatic rings.